The Balaban J connectivity index is 2.13. The average molecular weight is 369 g/mol. The number of ether oxygens (including phenoxy) is 1. The lowest BCUT2D eigenvalue weighted by Gasteiger charge is -2.47. The summed E-state index contributed by atoms with van der Waals surface area (Å²) in [4.78, 5) is 0. The molecule has 3 aliphatic rings. The van der Waals surface area contributed by atoms with Gasteiger partial charge in [-0.1, -0.05) is 42.9 Å². The van der Waals surface area contributed by atoms with E-state index in [-0.39, 0.29) is 0 Å². The summed E-state index contributed by atoms with van der Waals surface area (Å²) in [6.07, 6.45) is 12.0. The van der Waals surface area contributed by atoms with Gasteiger partial charge in [0.1, 0.15) is 0 Å². The summed E-state index contributed by atoms with van der Waals surface area (Å²) < 4.78 is 6.33. The van der Waals surface area contributed by atoms with Gasteiger partial charge < -0.3 is 14.9 Å². The van der Waals surface area contributed by atoms with Crippen LogP contribution in [0.4, 0.5) is 0 Å². The second-order valence-corrected chi connectivity index (χ2v) is 8.08. The Labute approximate surface area is 164 Å². The predicted molar refractivity (Wildman–Crippen MR) is 107 cm³/mol. The highest BCUT2D eigenvalue weighted by atomic mass is 16.5. The fourth-order valence-corrected chi connectivity index (χ4v) is 4.30. The maximum atomic E-state index is 12.0. The second kappa shape index (κ2) is 9.17. The summed E-state index contributed by atoms with van der Waals surface area (Å²) in [5.41, 5.74) is -4.60. The number of hydrogen-bond acceptors (Lipinski definition) is 3. The third-order valence-corrected chi connectivity index (χ3v) is 6.00. The first kappa shape index (κ1) is 20.3. The SMILES string of the molecule is OC1(C2(O)C#CCCCCCC23C#CCCCCCO3)C#CCCCCC1. The number of hydrogen-bond donors (Lipinski definition) is 2. The largest absolute Gasteiger partial charge is 0.373 e. The van der Waals surface area contributed by atoms with E-state index in [1.807, 2.05) is 0 Å². The highest BCUT2D eigenvalue weighted by molar-refractivity contribution is 5.42. The molecule has 0 aromatic carbocycles. The zero-order valence-electron chi connectivity index (χ0n) is 16.4. The molecular weight excluding hydrogens is 336 g/mol. The minimum atomic E-state index is -1.80. The molecule has 0 bridgehead atoms. The molecule has 3 heteroatoms. The van der Waals surface area contributed by atoms with E-state index in [0.717, 1.165) is 77.0 Å². The van der Waals surface area contributed by atoms with Crippen LogP contribution in [-0.2, 0) is 4.74 Å². The molecule has 0 aromatic rings. The van der Waals surface area contributed by atoms with Crippen molar-refractivity contribution in [3.05, 3.63) is 0 Å². The lowest BCUT2D eigenvalue weighted by molar-refractivity contribution is -0.197. The van der Waals surface area contributed by atoms with Crippen LogP contribution in [0.1, 0.15) is 89.9 Å². The maximum absolute atomic E-state index is 12.0. The summed E-state index contributed by atoms with van der Waals surface area (Å²) >= 11 is 0. The van der Waals surface area contributed by atoms with Gasteiger partial charge in [0, 0.05) is 25.9 Å². The average Bonchev–Trinajstić information content (AvgIpc) is 2.81. The molecule has 0 aromatic heterocycles. The Kier molecular flexibility index (Phi) is 6.89. The Morgan fingerprint density at radius 2 is 1.19 bits per heavy atom. The van der Waals surface area contributed by atoms with Crippen molar-refractivity contribution >= 4 is 0 Å². The minimum absolute atomic E-state index is 0.401. The van der Waals surface area contributed by atoms with E-state index >= 15 is 0 Å². The van der Waals surface area contributed by atoms with Gasteiger partial charge in [-0.25, -0.2) is 0 Å². The van der Waals surface area contributed by atoms with Crippen LogP contribution >= 0.6 is 0 Å². The first-order valence-corrected chi connectivity index (χ1v) is 10.7. The van der Waals surface area contributed by atoms with Crippen molar-refractivity contribution in [2.24, 2.45) is 0 Å². The first-order valence-electron chi connectivity index (χ1n) is 10.7. The molecule has 2 N–H and O–H groups in total. The van der Waals surface area contributed by atoms with E-state index in [1.54, 1.807) is 0 Å². The molecule has 3 nitrogen and oxygen atoms in total. The Bertz CT molecular complexity index is 688. The minimum Gasteiger partial charge on any atom is -0.373 e. The van der Waals surface area contributed by atoms with Gasteiger partial charge in [-0.2, -0.15) is 0 Å². The molecule has 0 fully saturated rings. The molecular formula is C24H32O3. The number of rotatable bonds is 1. The summed E-state index contributed by atoms with van der Waals surface area (Å²) in [6, 6.07) is 0. The Morgan fingerprint density at radius 3 is 1.93 bits per heavy atom. The third kappa shape index (κ3) is 4.36. The molecule has 3 rings (SSSR count). The highest BCUT2D eigenvalue weighted by Gasteiger charge is 2.62. The van der Waals surface area contributed by atoms with E-state index in [9.17, 15) is 10.2 Å². The van der Waals surface area contributed by atoms with Gasteiger partial charge in [0.05, 0.1) is 0 Å². The smallest absolute Gasteiger partial charge is 0.206 e. The molecule has 1 aliphatic heterocycles. The highest BCUT2D eigenvalue weighted by Crippen LogP contribution is 2.43. The van der Waals surface area contributed by atoms with E-state index in [4.69, 9.17) is 4.74 Å². The van der Waals surface area contributed by atoms with Gasteiger partial charge >= 0.3 is 0 Å². The second-order valence-electron chi connectivity index (χ2n) is 8.08. The van der Waals surface area contributed by atoms with Crippen LogP contribution in [0.2, 0.25) is 0 Å². The topological polar surface area (TPSA) is 49.7 Å². The molecule has 0 amide bonds. The van der Waals surface area contributed by atoms with Crippen LogP contribution in [0.3, 0.4) is 0 Å². The van der Waals surface area contributed by atoms with Gasteiger partial charge in [0.2, 0.25) is 5.60 Å². The fourth-order valence-electron chi connectivity index (χ4n) is 4.30. The van der Waals surface area contributed by atoms with Gasteiger partial charge in [0.25, 0.3) is 0 Å². The molecule has 3 unspecified atom stereocenters. The Morgan fingerprint density at radius 1 is 0.593 bits per heavy atom. The molecule has 0 radical (unpaired) electrons. The predicted octanol–water partition coefficient (Wildman–Crippen LogP) is 3.72. The van der Waals surface area contributed by atoms with Gasteiger partial charge in [-0.3, -0.25) is 0 Å². The first-order chi connectivity index (χ1) is 13.1. The fraction of sp³-hybridized carbons (Fsp3) is 0.750. The molecule has 27 heavy (non-hydrogen) atoms. The molecule has 1 heterocycles. The zero-order valence-corrected chi connectivity index (χ0v) is 16.4. The van der Waals surface area contributed by atoms with Crippen LogP contribution in [0.25, 0.3) is 0 Å². The van der Waals surface area contributed by atoms with Crippen LogP contribution in [0.5, 0.6) is 0 Å². The van der Waals surface area contributed by atoms with Crippen molar-refractivity contribution in [2.75, 3.05) is 6.61 Å². The van der Waals surface area contributed by atoms with Gasteiger partial charge in [-0.15, -0.1) is 11.8 Å². The lowest BCUT2D eigenvalue weighted by atomic mass is 9.67. The van der Waals surface area contributed by atoms with Gasteiger partial charge in [0.15, 0.2) is 11.2 Å². The van der Waals surface area contributed by atoms with Crippen LogP contribution in [-0.4, -0.2) is 33.6 Å². The van der Waals surface area contributed by atoms with Crippen molar-refractivity contribution in [2.45, 2.75) is 107 Å². The van der Waals surface area contributed by atoms with Crippen molar-refractivity contribution in [1.29, 1.82) is 0 Å². The molecule has 0 saturated heterocycles. The van der Waals surface area contributed by atoms with E-state index in [0.29, 0.717) is 19.4 Å². The molecule has 1 spiro atoms. The molecule has 0 saturated carbocycles. The van der Waals surface area contributed by atoms with Crippen molar-refractivity contribution < 1.29 is 14.9 Å². The summed E-state index contributed by atoms with van der Waals surface area (Å²) in [6.45, 7) is 0.530. The standard InChI is InChI=1S/C24H32O3/c25-22(16-10-4-1-5-11-17-22)24(26)20-14-8-2-6-12-18-23(24)19-13-7-3-9-15-21-27-23/h25-26H,1-10,12,15-16,18,21H2. The molecule has 146 valence electrons. The monoisotopic (exact) mass is 368 g/mol. The Hall–Kier alpha value is -1.44. The van der Waals surface area contributed by atoms with E-state index in [1.165, 1.54) is 0 Å². The summed E-state index contributed by atoms with van der Waals surface area (Å²) in [5.74, 6) is 18.8. The van der Waals surface area contributed by atoms with Crippen molar-refractivity contribution in [3.8, 4) is 35.5 Å². The van der Waals surface area contributed by atoms with Crippen molar-refractivity contribution in [1.82, 2.24) is 0 Å². The van der Waals surface area contributed by atoms with Crippen LogP contribution < -0.4 is 0 Å². The molecule has 3 atom stereocenters. The van der Waals surface area contributed by atoms with E-state index in [2.05, 4.69) is 35.5 Å². The summed E-state index contributed by atoms with van der Waals surface area (Å²) in [7, 11) is 0. The summed E-state index contributed by atoms with van der Waals surface area (Å²) in [5, 5.41) is 23.7. The zero-order chi connectivity index (χ0) is 19.1. The van der Waals surface area contributed by atoms with E-state index < -0.39 is 16.8 Å². The van der Waals surface area contributed by atoms with Crippen LogP contribution in [0, 0.1) is 35.5 Å². The van der Waals surface area contributed by atoms with Crippen molar-refractivity contribution in [3.63, 3.8) is 0 Å². The lowest BCUT2D eigenvalue weighted by Crippen LogP contribution is -2.67. The quantitative estimate of drug-likeness (QED) is 0.694. The van der Waals surface area contributed by atoms with Crippen LogP contribution in [0.15, 0.2) is 0 Å². The maximum Gasteiger partial charge on any atom is 0.206 e. The normalized spacial score (nSPS) is 37.6. The number of aliphatic hydroxyl groups is 2. The third-order valence-electron chi connectivity index (χ3n) is 6.00. The molecule has 2 aliphatic carbocycles. The van der Waals surface area contributed by atoms with Gasteiger partial charge in [-0.05, 0) is 51.4 Å².